The predicted octanol–water partition coefficient (Wildman–Crippen LogP) is 0.734. The van der Waals surface area contributed by atoms with Crippen molar-refractivity contribution >= 4 is 10.1 Å². The molecule has 1 rings (SSSR count). The Morgan fingerprint density at radius 3 is 2.23 bits per heavy atom. The Kier molecular flexibility index (Phi) is 2.63. The zero-order chi connectivity index (χ0) is 10.1. The fourth-order valence-electron chi connectivity index (χ4n) is 0.746. The lowest BCUT2D eigenvalue weighted by Gasteiger charge is -2.05. The van der Waals surface area contributed by atoms with E-state index in [4.69, 9.17) is 4.55 Å². The van der Waals surface area contributed by atoms with Crippen molar-refractivity contribution in [3.8, 4) is 0 Å². The molecule has 0 spiro atoms. The molecule has 0 aliphatic rings. The maximum Gasteiger partial charge on any atom is 0.274 e. The first-order valence-electron chi connectivity index (χ1n) is 3.66. The first-order valence-corrected chi connectivity index (χ1v) is 5.16. The Morgan fingerprint density at radius 2 is 1.85 bits per heavy atom. The van der Waals surface area contributed by atoms with Gasteiger partial charge in [-0.15, -0.1) is 0 Å². The number of aromatic nitrogens is 2. The molecule has 0 saturated heterocycles. The van der Waals surface area contributed by atoms with Crippen LogP contribution < -0.4 is 0 Å². The number of nitrogens with zero attached hydrogens (tertiary/aromatic N) is 2. The van der Waals surface area contributed by atoms with E-state index in [1.165, 1.54) is 19.3 Å². The van der Waals surface area contributed by atoms with Gasteiger partial charge in [-0.1, -0.05) is 0 Å². The molecular weight excluding hydrogens is 192 g/mol. The van der Waals surface area contributed by atoms with Crippen molar-refractivity contribution in [1.82, 2.24) is 9.97 Å². The molecule has 1 aromatic rings. The van der Waals surface area contributed by atoms with Crippen LogP contribution in [0.1, 0.15) is 23.6 Å². The molecular formula is C7H10N2O3S. The molecule has 72 valence electrons. The van der Waals surface area contributed by atoms with E-state index >= 15 is 0 Å². The maximum atomic E-state index is 10.7. The second-order valence-corrected chi connectivity index (χ2v) is 4.51. The van der Waals surface area contributed by atoms with Crippen molar-refractivity contribution in [3.63, 3.8) is 0 Å². The van der Waals surface area contributed by atoms with Gasteiger partial charge in [0.1, 0.15) is 11.1 Å². The van der Waals surface area contributed by atoms with Gasteiger partial charge >= 0.3 is 0 Å². The Labute approximate surface area is 76.6 Å². The van der Waals surface area contributed by atoms with Crippen molar-refractivity contribution in [2.75, 3.05) is 0 Å². The summed E-state index contributed by atoms with van der Waals surface area (Å²) in [5.74, 6) is 0.105. The summed E-state index contributed by atoms with van der Waals surface area (Å²) < 4.78 is 30.1. The van der Waals surface area contributed by atoms with Gasteiger partial charge in [0.15, 0.2) is 0 Å². The summed E-state index contributed by atoms with van der Waals surface area (Å²) in [4.78, 5) is 7.59. The van der Waals surface area contributed by atoms with Gasteiger partial charge in [0.25, 0.3) is 10.1 Å². The first kappa shape index (κ1) is 10.1. The second kappa shape index (κ2) is 3.39. The lowest BCUT2D eigenvalue weighted by atomic mass is 10.4. The third-order valence-corrected chi connectivity index (χ3v) is 2.72. The highest BCUT2D eigenvalue weighted by atomic mass is 32.2. The highest BCUT2D eigenvalue weighted by molar-refractivity contribution is 7.86. The summed E-state index contributed by atoms with van der Waals surface area (Å²) in [5.41, 5.74) is 0.839. The van der Waals surface area contributed by atoms with Crippen LogP contribution in [0.25, 0.3) is 0 Å². The summed E-state index contributed by atoms with van der Waals surface area (Å²) in [6.45, 7) is 3.13. The minimum absolute atomic E-state index is 0.105. The number of hydrogen-bond donors (Lipinski definition) is 1. The molecule has 0 bridgehead atoms. The van der Waals surface area contributed by atoms with Crippen LogP contribution in [0.15, 0.2) is 12.4 Å². The molecule has 5 nitrogen and oxygen atoms in total. The van der Waals surface area contributed by atoms with E-state index < -0.39 is 15.4 Å². The Bertz CT molecular complexity index is 385. The second-order valence-electron chi connectivity index (χ2n) is 2.78. The van der Waals surface area contributed by atoms with Crippen LogP contribution in [0.3, 0.4) is 0 Å². The van der Waals surface area contributed by atoms with Crippen LogP contribution in [-0.2, 0) is 10.1 Å². The molecule has 0 aromatic carbocycles. The summed E-state index contributed by atoms with van der Waals surface area (Å²) in [5, 5.41) is -1.08. The molecule has 1 atom stereocenters. The molecule has 13 heavy (non-hydrogen) atoms. The molecule has 1 aromatic heterocycles. The summed E-state index contributed by atoms with van der Waals surface area (Å²) in [6.07, 6.45) is 3.01. The van der Waals surface area contributed by atoms with Crippen LogP contribution in [0.5, 0.6) is 0 Å². The standard InChI is InChI=1S/C7H10N2O3S/c1-5-3-8-7(9-4-5)6(2)13(10,11)12/h3-4,6H,1-2H3,(H,10,11,12). The first-order chi connectivity index (χ1) is 5.91. The van der Waals surface area contributed by atoms with Crippen molar-refractivity contribution in [2.24, 2.45) is 0 Å². The Balaban J connectivity index is 3.04. The maximum absolute atomic E-state index is 10.7. The summed E-state index contributed by atoms with van der Waals surface area (Å²) in [6, 6.07) is 0. The quantitative estimate of drug-likeness (QED) is 0.715. The monoisotopic (exact) mass is 202 g/mol. The van der Waals surface area contributed by atoms with Gasteiger partial charge in [-0.3, -0.25) is 4.55 Å². The zero-order valence-corrected chi connectivity index (χ0v) is 8.11. The lowest BCUT2D eigenvalue weighted by Crippen LogP contribution is -2.11. The van der Waals surface area contributed by atoms with Gasteiger partial charge in [0, 0.05) is 12.4 Å². The smallest absolute Gasteiger partial charge is 0.274 e. The van der Waals surface area contributed by atoms with Crippen LogP contribution >= 0.6 is 0 Å². The molecule has 1 N–H and O–H groups in total. The normalized spacial score (nSPS) is 14.1. The zero-order valence-electron chi connectivity index (χ0n) is 7.30. The van der Waals surface area contributed by atoms with E-state index in [0.29, 0.717) is 0 Å². The lowest BCUT2D eigenvalue weighted by molar-refractivity contribution is 0.469. The van der Waals surface area contributed by atoms with E-state index in [1.54, 1.807) is 6.92 Å². The molecule has 0 radical (unpaired) electrons. The van der Waals surface area contributed by atoms with Gasteiger partial charge < -0.3 is 0 Å². The minimum atomic E-state index is -4.09. The molecule has 1 unspecified atom stereocenters. The van der Waals surface area contributed by atoms with E-state index in [9.17, 15) is 8.42 Å². The van der Waals surface area contributed by atoms with Gasteiger partial charge in [-0.25, -0.2) is 9.97 Å². The number of rotatable bonds is 2. The molecule has 6 heteroatoms. The van der Waals surface area contributed by atoms with Crippen molar-refractivity contribution in [3.05, 3.63) is 23.8 Å². The molecule has 0 saturated carbocycles. The van der Waals surface area contributed by atoms with Crippen LogP contribution in [-0.4, -0.2) is 22.9 Å². The fourth-order valence-corrected chi connectivity index (χ4v) is 1.13. The van der Waals surface area contributed by atoms with E-state index in [1.807, 2.05) is 0 Å². The third kappa shape index (κ3) is 2.46. The Hall–Kier alpha value is -1.01. The average molecular weight is 202 g/mol. The van der Waals surface area contributed by atoms with E-state index in [-0.39, 0.29) is 5.82 Å². The molecule has 1 heterocycles. The number of hydrogen-bond acceptors (Lipinski definition) is 4. The van der Waals surface area contributed by atoms with Gasteiger partial charge in [-0.2, -0.15) is 8.42 Å². The molecule has 0 fully saturated rings. The third-order valence-electron chi connectivity index (χ3n) is 1.61. The minimum Gasteiger partial charge on any atom is -0.285 e. The van der Waals surface area contributed by atoms with Crippen LogP contribution in [0, 0.1) is 6.92 Å². The fraction of sp³-hybridized carbons (Fsp3) is 0.429. The molecule has 0 amide bonds. The van der Waals surface area contributed by atoms with Crippen LogP contribution in [0.4, 0.5) is 0 Å². The topological polar surface area (TPSA) is 80.2 Å². The summed E-state index contributed by atoms with van der Waals surface area (Å²) in [7, 11) is -4.09. The average Bonchev–Trinajstić information content (AvgIpc) is 2.03. The largest absolute Gasteiger partial charge is 0.285 e. The van der Waals surface area contributed by atoms with E-state index in [0.717, 1.165) is 5.56 Å². The van der Waals surface area contributed by atoms with Gasteiger partial charge in [0.2, 0.25) is 0 Å². The van der Waals surface area contributed by atoms with Crippen molar-refractivity contribution in [2.45, 2.75) is 19.1 Å². The SMILES string of the molecule is Cc1cnc(C(C)S(=O)(=O)O)nc1. The molecule has 0 aliphatic heterocycles. The number of aryl methyl sites for hydroxylation is 1. The highest BCUT2D eigenvalue weighted by Crippen LogP contribution is 2.15. The van der Waals surface area contributed by atoms with Crippen molar-refractivity contribution < 1.29 is 13.0 Å². The molecule has 0 aliphatic carbocycles. The summed E-state index contributed by atoms with van der Waals surface area (Å²) >= 11 is 0. The van der Waals surface area contributed by atoms with Crippen molar-refractivity contribution in [1.29, 1.82) is 0 Å². The highest BCUT2D eigenvalue weighted by Gasteiger charge is 2.21. The van der Waals surface area contributed by atoms with Gasteiger partial charge in [-0.05, 0) is 19.4 Å². The predicted molar refractivity (Wildman–Crippen MR) is 46.7 cm³/mol. The van der Waals surface area contributed by atoms with Crippen LogP contribution in [0.2, 0.25) is 0 Å². The Morgan fingerprint density at radius 1 is 1.38 bits per heavy atom. The van der Waals surface area contributed by atoms with Gasteiger partial charge in [0.05, 0.1) is 0 Å². The van der Waals surface area contributed by atoms with E-state index in [2.05, 4.69) is 9.97 Å².